The minimum Gasteiger partial charge on any atom is -0.444 e. The number of rotatable bonds is 4. The molecule has 0 aliphatic heterocycles. The molecule has 25 heavy (non-hydrogen) atoms. The molecule has 1 aromatic rings. The summed E-state index contributed by atoms with van der Waals surface area (Å²) < 4.78 is 28.3. The Balaban J connectivity index is 3.08. The standard InChI is InChI=1S/C18H27NO5S/c1-17(2,3)15(19-16(21)24-18(4,5)6)14(20)12-8-10-13(11-9-12)25(7,22)23/h8-11,15H,1-7H3,(H,19,21). The monoisotopic (exact) mass is 369 g/mol. The molecule has 0 spiro atoms. The predicted molar refractivity (Wildman–Crippen MR) is 96.5 cm³/mol. The second kappa shape index (κ2) is 7.15. The molecule has 0 aromatic heterocycles. The van der Waals surface area contributed by atoms with Crippen molar-refractivity contribution >= 4 is 21.7 Å². The van der Waals surface area contributed by atoms with E-state index in [1.54, 1.807) is 20.8 Å². The number of nitrogens with one attached hydrogen (secondary N) is 1. The van der Waals surface area contributed by atoms with Crippen molar-refractivity contribution in [2.24, 2.45) is 5.41 Å². The first kappa shape index (κ1) is 21.2. The predicted octanol–water partition coefficient (Wildman–Crippen LogP) is 3.21. The normalized spacial score (nSPS) is 13.9. The van der Waals surface area contributed by atoms with Gasteiger partial charge in [0.15, 0.2) is 15.6 Å². The SMILES string of the molecule is CC(C)(C)OC(=O)NC(C(=O)c1ccc(S(C)(=O)=O)cc1)C(C)(C)C. The topological polar surface area (TPSA) is 89.5 Å². The van der Waals surface area contributed by atoms with E-state index >= 15 is 0 Å². The molecule has 0 aliphatic carbocycles. The minimum atomic E-state index is -3.33. The highest BCUT2D eigenvalue weighted by molar-refractivity contribution is 7.90. The van der Waals surface area contributed by atoms with Crippen LogP contribution in [-0.4, -0.2) is 38.2 Å². The van der Waals surface area contributed by atoms with Crippen LogP contribution in [0.5, 0.6) is 0 Å². The van der Waals surface area contributed by atoms with E-state index in [0.29, 0.717) is 5.56 Å². The average molecular weight is 369 g/mol. The van der Waals surface area contributed by atoms with Crippen LogP contribution in [0, 0.1) is 5.41 Å². The van der Waals surface area contributed by atoms with Crippen molar-refractivity contribution < 1.29 is 22.7 Å². The van der Waals surface area contributed by atoms with Crippen LogP contribution in [0.2, 0.25) is 0 Å². The fraction of sp³-hybridized carbons (Fsp3) is 0.556. The summed E-state index contributed by atoms with van der Waals surface area (Å²) in [5.41, 5.74) is -0.903. The van der Waals surface area contributed by atoms with Crippen molar-refractivity contribution in [1.29, 1.82) is 0 Å². The molecule has 1 amide bonds. The lowest BCUT2D eigenvalue weighted by Gasteiger charge is -2.31. The number of amides is 1. The highest BCUT2D eigenvalue weighted by Crippen LogP contribution is 2.24. The zero-order chi connectivity index (χ0) is 19.6. The summed E-state index contributed by atoms with van der Waals surface area (Å²) in [4.78, 5) is 25.0. The Hall–Kier alpha value is -1.89. The fourth-order valence-corrected chi connectivity index (χ4v) is 2.76. The van der Waals surface area contributed by atoms with Crippen LogP contribution in [0.1, 0.15) is 51.9 Å². The number of hydrogen-bond donors (Lipinski definition) is 1. The maximum atomic E-state index is 12.8. The third-order valence-electron chi connectivity index (χ3n) is 3.36. The molecule has 1 atom stereocenters. The lowest BCUT2D eigenvalue weighted by Crippen LogP contribution is -2.50. The quantitative estimate of drug-likeness (QED) is 0.823. The van der Waals surface area contributed by atoms with Crippen LogP contribution in [0.4, 0.5) is 4.79 Å². The smallest absolute Gasteiger partial charge is 0.408 e. The second-order valence-corrected chi connectivity index (χ2v) is 10.1. The molecular weight excluding hydrogens is 342 g/mol. The van der Waals surface area contributed by atoms with Crippen LogP contribution >= 0.6 is 0 Å². The van der Waals surface area contributed by atoms with Crippen LogP contribution in [-0.2, 0) is 14.6 Å². The molecule has 1 rings (SSSR count). The first-order valence-corrected chi connectivity index (χ1v) is 9.84. The summed E-state index contributed by atoms with van der Waals surface area (Å²) in [6, 6.07) is 4.86. The molecule has 0 fully saturated rings. The number of carbonyl (C=O) groups is 2. The van der Waals surface area contributed by atoms with Gasteiger partial charge in [-0.15, -0.1) is 0 Å². The van der Waals surface area contributed by atoms with Gasteiger partial charge in [-0.2, -0.15) is 0 Å². The van der Waals surface area contributed by atoms with Crippen LogP contribution in [0.15, 0.2) is 29.2 Å². The number of carbonyl (C=O) groups excluding carboxylic acids is 2. The Kier molecular flexibility index (Phi) is 6.05. The lowest BCUT2D eigenvalue weighted by atomic mass is 9.82. The number of ether oxygens (including phenoxy) is 1. The molecule has 6 nitrogen and oxygen atoms in total. The molecule has 0 aliphatic rings. The molecule has 1 aromatic carbocycles. The third kappa shape index (κ3) is 6.49. The summed E-state index contributed by atoms with van der Waals surface area (Å²) in [6.07, 6.45) is 0.430. The third-order valence-corrected chi connectivity index (χ3v) is 4.48. The van der Waals surface area contributed by atoms with E-state index in [9.17, 15) is 18.0 Å². The second-order valence-electron chi connectivity index (χ2n) is 8.11. The number of Topliss-reactive ketones (excluding diaryl/α,β-unsaturated/α-hetero) is 1. The van der Waals surface area contributed by atoms with E-state index in [1.165, 1.54) is 24.3 Å². The van der Waals surface area contributed by atoms with Crippen LogP contribution in [0.3, 0.4) is 0 Å². The van der Waals surface area contributed by atoms with Crippen molar-refractivity contribution in [2.75, 3.05) is 6.26 Å². The minimum absolute atomic E-state index is 0.136. The molecule has 140 valence electrons. The Labute approximate surface area is 149 Å². The van der Waals surface area contributed by atoms with Crippen LogP contribution < -0.4 is 5.32 Å². The summed E-state index contributed by atoms with van der Waals surface area (Å²) >= 11 is 0. The first-order valence-electron chi connectivity index (χ1n) is 7.95. The zero-order valence-corrected chi connectivity index (χ0v) is 16.7. The maximum absolute atomic E-state index is 12.8. The van der Waals surface area contributed by atoms with Gasteiger partial charge in [-0.05, 0) is 38.3 Å². The van der Waals surface area contributed by atoms with Crippen LogP contribution in [0.25, 0.3) is 0 Å². The van der Waals surface area contributed by atoms with Gasteiger partial charge >= 0.3 is 6.09 Å². The molecule has 1 N–H and O–H groups in total. The lowest BCUT2D eigenvalue weighted by molar-refractivity contribution is 0.0446. The van der Waals surface area contributed by atoms with Gasteiger partial charge in [0.05, 0.1) is 4.90 Å². The number of sulfone groups is 1. The van der Waals surface area contributed by atoms with Crippen molar-refractivity contribution in [3.8, 4) is 0 Å². The van der Waals surface area contributed by atoms with Gasteiger partial charge in [0, 0.05) is 11.8 Å². The van der Waals surface area contributed by atoms with Gasteiger partial charge in [-0.3, -0.25) is 4.79 Å². The summed E-state index contributed by atoms with van der Waals surface area (Å²) in [7, 11) is -3.33. The molecule has 0 radical (unpaired) electrons. The van der Waals surface area contributed by atoms with Gasteiger partial charge in [-0.25, -0.2) is 13.2 Å². The van der Waals surface area contributed by atoms with Gasteiger partial charge in [0.25, 0.3) is 0 Å². The van der Waals surface area contributed by atoms with Crippen molar-refractivity contribution in [3.63, 3.8) is 0 Å². The van der Waals surface area contributed by atoms with Gasteiger partial charge in [-0.1, -0.05) is 32.9 Å². The molecule has 7 heteroatoms. The maximum Gasteiger partial charge on any atom is 0.408 e. The zero-order valence-electron chi connectivity index (χ0n) is 15.8. The summed E-state index contributed by atoms with van der Waals surface area (Å²) in [6.45, 7) is 10.7. The highest BCUT2D eigenvalue weighted by atomic mass is 32.2. The van der Waals surface area contributed by atoms with E-state index < -0.39 is 33.0 Å². The van der Waals surface area contributed by atoms with Crippen molar-refractivity contribution in [3.05, 3.63) is 29.8 Å². The Bertz CT molecular complexity index is 737. The van der Waals surface area contributed by atoms with E-state index in [2.05, 4.69) is 5.32 Å². The number of alkyl carbamates (subject to hydrolysis) is 1. The fourth-order valence-electron chi connectivity index (χ4n) is 2.13. The number of benzene rings is 1. The molecule has 0 saturated carbocycles. The summed E-state index contributed by atoms with van der Waals surface area (Å²) in [5.74, 6) is -0.307. The molecule has 1 unspecified atom stereocenters. The number of hydrogen-bond acceptors (Lipinski definition) is 5. The Morgan fingerprint density at radius 1 is 1.00 bits per heavy atom. The van der Waals surface area contributed by atoms with Crippen molar-refractivity contribution in [1.82, 2.24) is 5.32 Å². The van der Waals surface area contributed by atoms with Gasteiger partial charge < -0.3 is 10.1 Å². The van der Waals surface area contributed by atoms with E-state index in [-0.39, 0.29) is 10.7 Å². The van der Waals surface area contributed by atoms with E-state index in [0.717, 1.165) is 6.26 Å². The molecule has 0 heterocycles. The van der Waals surface area contributed by atoms with Gasteiger partial charge in [0.2, 0.25) is 0 Å². The van der Waals surface area contributed by atoms with E-state index in [1.807, 2.05) is 20.8 Å². The van der Waals surface area contributed by atoms with E-state index in [4.69, 9.17) is 4.74 Å². The van der Waals surface area contributed by atoms with Crippen molar-refractivity contribution in [2.45, 2.75) is 58.1 Å². The average Bonchev–Trinajstić information content (AvgIpc) is 2.40. The first-order chi connectivity index (χ1) is 11.1. The van der Waals surface area contributed by atoms with Gasteiger partial charge in [0.1, 0.15) is 11.6 Å². The highest BCUT2D eigenvalue weighted by Gasteiger charge is 2.34. The number of ketones is 1. The molecule has 0 bridgehead atoms. The Morgan fingerprint density at radius 2 is 1.48 bits per heavy atom. The largest absolute Gasteiger partial charge is 0.444 e. The summed E-state index contributed by atoms with van der Waals surface area (Å²) in [5, 5.41) is 2.63. The Morgan fingerprint density at radius 3 is 1.84 bits per heavy atom. The molecule has 0 saturated heterocycles. The molecular formula is C18H27NO5S.